The van der Waals surface area contributed by atoms with Gasteiger partial charge in [0.2, 0.25) is 5.88 Å². The Bertz CT molecular complexity index is 1240. The van der Waals surface area contributed by atoms with Crippen LogP contribution in [-0.2, 0) is 4.74 Å². The molecule has 0 aliphatic heterocycles. The van der Waals surface area contributed by atoms with Crippen molar-refractivity contribution < 1.29 is 14.3 Å². The van der Waals surface area contributed by atoms with Gasteiger partial charge in [-0.05, 0) is 43.4 Å². The van der Waals surface area contributed by atoms with E-state index in [-0.39, 0.29) is 0 Å². The second kappa shape index (κ2) is 7.96. The van der Waals surface area contributed by atoms with Gasteiger partial charge in [0.05, 0.1) is 12.6 Å². The van der Waals surface area contributed by atoms with E-state index in [9.17, 15) is 4.79 Å². The van der Waals surface area contributed by atoms with Crippen LogP contribution in [0, 0.1) is 13.8 Å². The highest BCUT2D eigenvalue weighted by atomic mass is 32.2. The van der Waals surface area contributed by atoms with Gasteiger partial charge in [-0.25, -0.2) is 14.8 Å². The van der Waals surface area contributed by atoms with Gasteiger partial charge >= 0.3 is 5.97 Å². The third kappa shape index (κ3) is 3.65. The first-order valence-corrected chi connectivity index (χ1v) is 10.9. The van der Waals surface area contributed by atoms with Gasteiger partial charge in [-0.2, -0.15) is 4.98 Å². The van der Waals surface area contributed by atoms with Gasteiger partial charge in [0.15, 0.2) is 5.16 Å². The smallest absolute Gasteiger partial charge is 0.341 e. The molecule has 0 bridgehead atoms. The topological polar surface area (TPSA) is 74.2 Å². The minimum Gasteiger partial charge on any atom is -0.465 e. The average Bonchev–Trinajstić information content (AvgIpc) is 3.07. The molecule has 0 fully saturated rings. The summed E-state index contributed by atoms with van der Waals surface area (Å²) in [7, 11) is 1.35. The van der Waals surface area contributed by atoms with Crippen LogP contribution in [0.1, 0.15) is 28.5 Å². The number of ether oxygens (including phenoxy) is 2. The van der Waals surface area contributed by atoms with Gasteiger partial charge < -0.3 is 9.47 Å². The molecule has 6 nitrogen and oxygen atoms in total. The van der Waals surface area contributed by atoms with E-state index in [0.29, 0.717) is 22.3 Å². The number of rotatable bonds is 5. The minimum absolute atomic E-state index is 0.345. The number of carbonyl (C=O) groups is 1. The molecule has 0 saturated carbocycles. The molecule has 0 unspecified atom stereocenters. The standard InChI is InChI=1S/C21H19N3O3S2/c1-5-28-21-23-16-15-11(2)10-12(3)22-19(15)29-17(16)18(24-21)27-14-9-7-6-8-13(14)20(25)26-4/h6-10H,5H2,1-4H3. The van der Waals surface area contributed by atoms with Crippen LogP contribution in [0.15, 0.2) is 35.5 Å². The maximum Gasteiger partial charge on any atom is 0.341 e. The number of thioether (sulfide) groups is 1. The minimum atomic E-state index is -0.460. The van der Waals surface area contributed by atoms with Crippen LogP contribution in [0.3, 0.4) is 0 Å². The van der Waals surface area contributed by atoms with Crippen molar-refractivity contribution in [3.63, 3.8) is 0 Å². The van der Waals surface area contributed by atoms with Gasteiger partial charge in [-0.3, -0.25) is 0 Å². The number of hydrogen-bond acceptors (Lipinski definition) is 8. The highest BCUT2D eigenvalue weighted by molar-refractivity contribution is 7.99. The van der Waals surface area contributed by atoms with Gasteiger partial charge in [-0.15, -0.1) is 11.3 Å². The van der Waals surface area contributed by atoms with E-state index in [0.717, 1.165) is 37.4 Å². The van der Waals surface area contributed by atoms with Crippen LogP contribution in [0.5, 0.6) is 11.6 Å². The van der Waals surface area contributed by atoms with E-state index in [1.54, 1.807) is 30.0 Å². The molecule has 0 saturated heterocycles. The molecule has 0 N–H and O–H groups in total. The van der Waals surface area contributed by atoms with Crippen LogP contribution in [0.2, 0.25) is 0 Å². The summed E-state index contributed by atoms with van der Waals surface area (Å²) in [6.07, 6.45) is 0. The van der Waals surface area contributed by atoms with Crippen molar-refractivity contribution in [3.05, 3.63) is 47.2 Å². The number of nitrogens with zero attached hydrogens (tertiary/aromatic N) is 3. The molecule has 0 aliphatic carbocycles. The summed E-state index contributed by atoms with van der Waals surface area (Å²) in [6, 6.07) is 9.02. The second-order valence-corrected chi connectivity index (χ2v) is 8.60. The zero-order chi connectivity index (χ0) is 20.5. The molecule has 0 atom stereocenters. The van der Waals surface area contributed by atoms with Crippen molar-refractivity contribution in [1.82, 2.24) is 15.0 Å². The zero-order valence-corrected chi connectivity index (χ0v) is 18.1. The van der Waals surface area contributed by atoms with E-state index >= 15 is 0 Å². The molecule has 1 aromatic carbocycles. The highest BCUT2D eigenvalue weighted by Gasteiger charge is 2.20. The fourth-order valence-electron chi connectivity index (χ4n) is 3.13. The zero-order valence-electron chi connectivity index (χ0n) is 16.5. The van der Waals surface area contributed by atoms with E-state index in [1.807, 2.05) is 19.9 Å². The van der Waals surface area contributed by atoms with E-state index in [1.165, 1.54) is 18.4 Å². The number of para-hydroxylation sites is 1. The van der Waals surface area contributed by atoms with Gasteiger partial charge in [-0.1, -0.05) is 30.8 Å². The lowest BCUT2D eigenvalue weighted by atomic mass is 10.1. The number of hydrogen-bond donors (Lipinski definition) is 0. The predicted molar refractivity (Wildman–Crippen MR) is 116 cm³/mol. The van der Waals surface area contributed by atoms with Crippen molar-refractivity contribution >= 4 is 49.5 Å². The maximum atomic E-state index is 12.1. The summed E-state index contributed by atoms with van der Waals surface area (Å²) in [5.74, 6) is 1.19. The first-order valence-electron chi connectivity index (χ1n) is 9.08. The third-order valence-electron chi connectivity index (χ3n) is 4.33. The number of esters is 1. The van der Waals surface area contributed by atoms with E-state index < -0.39 is 5.97 Å². The molecule has 0 radical (unpaired) electrons. The Hall–Kier alpha value is -2.71. The van der Waals surface area contributed by atoms with Crippen LogP contribution in [0.4, 0.5) is 0 Å². The largest absolute Gasteiger partial charge is 0.465 e. The van der Waals surface area contributed by atoms with Crippen LogP contribution in [-0.4, -0.2) is 33.8 Å². The molecule has 148 valence electrons. The fourth-order valence-corrected chi connectivity index (χ4v) is 4.86. The number of fused-ring (bicyclic) bond motifs is 3. The summed E-state index contributed by atoms with van der Waals surface area (Å²) in [6.45, 7) is 6.09. The number of benzene rings is 1. The van der Waals surface area contributed by atoms with Crippen molar-refractivity contribution in [2.24, 2.45) is 0 Å². The first-order chi connectivity index (χ1) is 14.0. The summed E-state index contributed by atoms with van der Waals surface area (Å²) >= 11 is 3.04. The molecule has 4 aromatic rings. The lowest BCUT2D eigenvalue weighted by Gasteiger charge is -2.10. The van der Waals surface area contributed by atoms with Crippen molar-refractivity contribution in [2.45, 2.75) is 25.9 Å². The van der Waals surface area contributed by atoms with Gasteiger partial charge in [0.25, 0.3) is 0 Å². The Morgan fingerprint density at radius 2 is 1.97 bits per heavy atom. The normalized spacial score (nSPS) is 11.2. The second-order valence-electron chi connectivity index (χ2n) is 6.37. The Kier molecular flexibility index (Phi) is 5.38. The molecule has 0 aliphatic rings. The lowest BCUT2D eigenvalue weighted by Crippen LogP contribution is -2.04. The first kappa shape index (κ1) is 19.6. The van der Waals surface area contributed by atoms with Gasteiger partial charge in [0, 0.05) is 11.1 Å². The highest BCUT2D eigenvalue weighted by Crippen LogP contribution is 2.41. The fraction of sp³-hybridized carbons (Fsp3) is 0.238. The van der Waals surface area contributed by atoms with Crippen molar-refractivity contribution in [1.29, 1.82) is 0 Å². The maximum absolute atomic E-state index is 12.1. The monoisotopic (exact) mass is 425 g/mol. The Labute approximate surface area is 176 Å². The Balaban J connectivity index is 1.94. The predicted octanol–water partition coefficient (Wildman–Crippen LogP) is 5.55. The summed E-state index contributed by atoms with van der Waals surface area (Å²) in [5, 5.41) is 1.65. The van der Waals surface area contributed by atoms with Crippen LogP contribution < -0.4 is 4.74 Å². The summed E-state index contributed by atoms with van der Waals surface area (Å²) in [5.41, 5.74) is 3.24. The molecule has 3 heterocycles. The Morgan fingerprint density at radius 3 is 2.72 bits per heavy atom. The lowest BCUT2D eigenvalue weighted by molar-refractivity contribution is 0.0598. The molecule has 29 heavy (non-hydrogen) atoms. The molecule has 8 heteroatoms. The van der Waals surface area contributed by atoms with Crippen LogP contribution >= 0.6 is 23.1 Å². The molecular formula is C21H19N3O3S2. The molecule has 0 spiro atoms. The van der Waals surface area contributed by atoms with Gasteiger partial charge in [0.1, 0.15) is 20.8 Å². The van der Waals surface area contributed by atoms with Crippen molar-refractivity contribution in [2.75, 3.05) is 12.9 Å². The average molecular weight is 426 g/mol. The number of thiophene rings is 1. The summed E-state index contributed by atoms with van der Waals surface area (Å²) in [4.78, 5) is 27.1. The van der Waals surface area contributed by atoms with Crippen LogP contribution in [0.25, 0.3) is 20.4 Å². The number of pyridine rings is 1. The summed E-state index contributed by atoms with van der Waals surface area (Å²) < 4.78 is 11.8. The quantitative estimate of drug-likeness (QED) is 0.236. The number of methoxy groups -OCH3 is 1. The van der Waals surface area contributed by atoms with E-state index in [4.69, 9.17) is 14.5 Å². The Morgan fingerprint density at radius 1 is 1.17 bits per heavy atom. The van der Waals surface area contributed by atoms with E-state index in [2.05, 4.69) is 23.0 Å². The third-order valence-corrected chi connectivity index (χ3v) is 6.12. The molecule has 0 amide bonds. The number of aromatic nitrogens is 3. The number of carbonyl (C=O) groups excluding carboxylic acids is 1. The van der Waals surface area contributed by atoms with Crippen molar-refractivity contribution in [3.8, 4) is 11.6 Å². The SMILES string of the molecule is CCSc1nc(Oc2ccccc2C(=O)OC)c2sc3nc(C)cc(C)c3c2n1. The molecular weight excluding hydrogens is 406 g/mol. The molecule has 3 aromatic heterocycles. The number of aryl methyl sites for hydroxylation is 2. The molecule has 4 rings (SSSR count).